The van der Waals surface area contributed by atoms with E-state index in [1.165, 1.54) is 6.20 Å². The van der Waals surface area contributed by atoms with Crippen molar-refractivity contribution in [1.29, 1.82) is 0 Å². The molecule has 0 atom stereocenters. The maximum Gasteiger partial charge on any atom is 0.291 e. The molecule has 0 saturated heterocycles. The molecule has 0 unspecified atom stereocenters. The van der Waals surface area contributed by atoms with E-state index in [2.05, 4.69) is 10.2 Å². The Balaban J connectivity index is 2.34. The third-order valence-electron chi connectivity index (χ3n) is 2.11. The molecule has 1 heterocycles. The zero-order chi connectivity index (χ0) is 10.5. The van der Waals surface area contributed by atoms with Gasteiger partial charge in [0.25, 0.3) is 5.56 Å². The smallest absolute Gasteiger partial charge is 0.265 e. The average Bonchev–Trinajstić information content (AvgIpc) is 2.46. The highest BCUT2D eigenvalue weighted by atomic mass is 16.1. The van der Waals surface area contributed by atoms with Gasteiger partial charge in [-0.05, 0) is 11.6 Å². The minimum Gasteiger partial charge on any atom is -0.265 e. The van der Waals surface area contributed by atoms with Crippen molar-refractivity contribution in [1.82, 2.24) is 10.2 Å². The lowest BCUT2D eigenvalue weighted by Crippen LogP contribution is -2.10. The van der Waals surface area contributed by atoms with Gasteiger partial charge < -0.3 is 0 Å². The molecule has 15 heavy (non-hydrogen) atoms. The van der Waals surface area contributed by atoms with Crippen LogP contribution in [-0.4, -0.2) is 10.2 Å². The Morgan fingerprint density at radius 3 is 2.60 bits per heavy atom. The highest BCUT2D eigenvalue weighted by Gasteiger charge is 1.99. The van der Waals surface area contributed by atoms with Gasteiger partial charge in [0.2, 0.25) is 0 Å². The van der Waals surface area contributed by atoms with Gasteiger partial charge in [-0.25, -0.2) is 0 Å². The zero-order valence-electron chi connectivity index (χ0n) is 8.13. The number of hydrogen-bond acceptors (Lipinski definition) is 3. The molecule has 0 amide bonds. The van der Waals surface area contributed by atoms with Crippen LogP contribution >= 0.6 is 0 Å². The molecular weight excluding hydrogens is 188 g/mol. The van der Waals surface area contributed by atoms with E-state index in [1.807, 2.05) is 30.3 Å². The number of aromatic nitrogens is 2. The molecule has 1 aromatic heterocycles. The minimum absolute atomic E-state index is 0.260. The Morgan fingerprint density at radius 2 is 1.80 bits per heavy atom. The van der Waals surface area contributed by atoms with Crippen LogP contribution in [0.25, 0.3) is 0 Å². The van der Waals surface area contributed by atoms with E-state index in [0.29, 0.717) is 12.0 Å². The molecule has 0 aliphatic heterocycles. The molecule has 2 rings (SSSR count). The fourth-order valence-electron chi connectivity index (χ4n) is 1.37. The van der Waals surface area contributed by atoms with E-state index in [0.717, 1.165) is 5.56 Å². The SMILES string of the molecule is O=c1nncccc1Cc1ccccc1. The van der Waals surface area contributed by atoms with Gasteiger partial charge in [-0.1, -0.05) is 36.4 Å². The van der Waals surface area contributed by atoms with Crippen LogP contribution in [0, 0.1) is 0 Å². The van der Waals surface area contributed by atoms with Crippen LogP contribution in [0.5, 0.6) is 0 Å². The van der Waals surface area contributed by atoms with Crippen molar-refractivity contribution in [2.45, 2.75) is 6.42 Å². The molecule has 0 radical (unpaired) electrons. The second kappa shape index (κ2) is 4.46. The minimum atomic E-state index is -0.260. The van der Waals surface area contributed by atoms with Gasteiger partial charge >= 0.3 is 0 Å². The summed E-state index contributed by atoms with van der Waals surface area (Å²) in [7, 11) is 0. The third-order valence-corrected chi connectivity index (χ3v) is 2.11. The van der Waals surface area contributed by atoms with Crippen molar-refractivity contribution in [2.75, 3.05) is 0 Å². The van der Waals surface area contributed by atoms with E-state index < -0.39 is 0 Å². The predicted molar refractivity (Wildman–Crippen MR) is 57.6 cm³/mol. The molecule has 2 aromatic rings. The molecule has 3 nitrogen and oxygen atoms in total. The van der Waals surface area contributed by atoms with Crippen molar-refractivity contribution in [3.05, 3.63) is 70.1 Å². The van der Waals surface area contributed by atoms with Gasteiger partial charge in [-0.15, -0.1) is 5.10 Å². The lowest BCUT2D eigenvalue weighted by Gasteiger charge is -1.96. The second-order valence-corrected chi connectivity index (χ2v) is 3.22. The Kier molecular flexibility index (Phi) is 2.83. The molecule has 74 valence electrons. The van der Waals surface area contributed by atoms with Crippen molar-refractivity contribution in [3.63, 3.8) is 0 Å². The largest absolute Gasteiger partial charge is 0.291 e. The summed E-state index contributed by atoms with van der Waals surface area (Å²) in [5, 5.41) is 7.12. The normalized spacial score (nSPS) is 9.87. The predicted octanol–water partition coefficient (Wildman–Crippen LogP) is 1.43. The van der Waals surface area contributed by atoms with Gasteiger partial charge in [0, 0.05) is 18.2 Å². The van der Waals surface area contributed by atoms with Crippen LogP contribution in [-0.2, 0) is 6.42 Å². The molecule has 1 aromatic carbocycles. The van der Waals surface area contributed by atoms with E-state index >= 15 is 0 Å². The van der Waals surface area contributed by atoms with Gasteiger partial charge in [0.1, 0.15) is 0 Å². The first-order chi connectivity index (χ1) is 7.36. The first-order valence-corrected chi connectivity index (χ1v) is 4.71. The molecule has 0 aliphatic carbocycles. The van der Waals surface area contributed by atoms with Crippen LogP contribution in [0.4, 0.5) is 0 Å². The standard InChI is InChI=1S/C12H10N2O/c15-12-11(7-4-8-13-14-12)9-10-5-2-1-3-6-10/h1-8H,9H2. The quantitative estimate of drug-likeness (QED) is 0.733. The van der Waals surface area contributed by atoms with Crippen LogP contribution in [0.1, 0.15) is 11.1 Å². The molecular formula is C12H10N2O. The summed E-state index contributed by atoms with van der Waals surface area (Å²) < 4.78 is 0. The van der Waals surface area contributed by atoms with E-state index in [4.69, 9.17) is 0 Å². The molecule has 0 bridgehead atoms. The summed E-state index contributed by atoms with van der Waals surface area (Å²) in [6.07, 6.45) is 2.11. The summed E-state index contributed by atoms with van der Waals surface area (Å²) in [5.41, 5.74) is 1.50. The van der Waals surface area contributed by atoms with E-state index in [9.17, 15) is 4.79 Å². The van der Waals surface area contributed by atoms with Crippen LogP contribution in [0.15, 0.2) is 53.5 Å². The number of nitrogens with zero attached hydrogens (tertiary/aromatic N) is 2. The molecule has 0 aliphatic rings. The molecule has 3 heteroatoms. The monoisotopic (exact) mass is 198 g/mol. The summed E-state index contributed by atoms with van der Waals surface area (Å²) in [5.74, 6) is 0. The van der Waals surface area contributed by atoms with Gasteiger partial charge in [-0.2, -0.15) is 5.10 Å². The van der Waals surface area contributed by atoms with Gasteiger partial charge in [-0.3, -0.25) is 4.79 Å². The maximum atomic E-state index is 11.4. The van der Waals surface area contributed by atoms with E-state index in [-0.39, 0.29) is 5.56 Å². The highest BCUT2D eigenvalue weighted by Crippen LogP contribution is 2.03. The molecule has 0 spiro atoms. The summed E-state index contributed by atoms with van der Waals surface area (Å²) >= 11 is 0. The van der Waals surface area contributed by atoms with Crippen LogP contribution in [0.3, 0.4) is 0 Å². The Hall–Kier alpha value is -2.03. The third kappa shape index (κ3) is 2.47. The van der Waals surface area contributed by atoms with Crippen molar-refractivity contribution >= 4 is 0 Å². The van der Waals surface area contributed by atoms with Gasteiger partial charge in [0.15, 0.2) is 0 Å². The summed E-state index contributed by atoms with van der Waals surface area (Å²) in [4.78, 5) is 11.4. The number of hydrogen-bond donors (Lipinski definition) is 0. The molecule has 0 N–H and O–H groups in total. The van der Waals surface area contributed by atoms with Crippen molar-refractivity contribution in [3.8, 4) is 0 Å². The maximum absolute atomic E-state index is 11.4. The summed E-state index contributed by atoms with van der Waals surface area (Å²) in [6, 6.07) is 13.3. The lowest BCUT2D eigenvalue weighted by molar-refractivity contribution is 0.988. The highest BCUT2D eigenvalue weighted by molar-refractivity contribution is 5.22. The molecule has 0 fully saturated rings. The molecule has 0 saturated carbocycles. The number of benzene rings is 1. The fraction of sp³-hybridized carbons (Fsp3) is 0.0833. The Bertz CT molecular complexity index is 497. The topological polar surface area (TPSA) is 42.9 Å². The first-order valence-electron chi connectivity index (χ1n) is 4.71. The number of rotatable bonds is 2. The van der Waals surface area contributed by atoms with Crippen LogP contribution < -0.4 is 5.56 Å². The van der Waals surface area contributed by atoms with Crippen molar-refractivity contribution < 1.29 is 0 Å². The zero-order valence-corrected chi connectivity index (χ0v) is 8.13. The van der Waals surface area contributed by atoms with Gasteiger partial charge in [0.05, 0.1) is 0 Å². The average molecular weight is 198 g/mol. The fourth-order valence-corrected chi connectivity index (χ4v) is 1.37. The second-order valence-electron chi connectivity index (χ2n) is 3.22. The lowest BCUT2D eigenvalue weighted by atomic mass is 10.1. The summed E-state index contributed by atoms with van der Waals surface area (Å²) in [6.45, 7) is 0. The van der Waals surface area contributed by atoms with E-state index in [1.54, 1.807) is 12.1 Å². The van der Waals surface area contributed by atoms with Crippen LogP contribution in [0.2, 0.25) is 0 Å². The van der Waals surface area contributed by atoms with Crippen molar-refractivity contribution in [2.24, 2.45) is 0 Å². The first kappa shape index (κ1) is 9.52. The Labute approximate surface area is 87.4 Å². The Morgan fingerprint density at radius 1 is 1.00 bits per heavy atom.